The van der Waals surface area contributed by atoms with E-state index < -0.39 is 6.03 Å². The molecule has 2 atom stereocenters. The van der Waals surface area contributed by atoms with E-state index in [9.17, 15) is 9.59 Å². The van der Waals surface area contributed by atoms with Crippen molar-refractivity contribution in [3.63, 3.8) is 0 Å². The molecule has 110 valence electrons. The number of hydrogen-bond acceptors (Lipinski definition) is 4. The van der Waals surface area contributed by atoms with E-state index in [1.807, 2.05) is 6.92 Å². The van der Waals surface area contributed by atoms with Gasteiger partial charge in [-0.15, -0.1) is 0 Å². The molecule has 1 rings (SSSR count). The minimum absolute atomic E-state index is 0.322. The van der Waals surface area contributed by atoms with Crippen LogP contribution >= 0.6 is 0 Å². The van der Waals surface area contributed by atoms with Gasteiger partial charge in [0.25, 0.3) is 0 Å². The second-order valence-electron chi connectivity index (χ2n) is 5.17. The summed E-state index contributed by atoms with van der Waals surface area (Å²) < 4.78 is 0. The number of hydrogen-bond donors (Lipinski definition) is 3. The number of nitrogens with two attached hydrogens (primary N) is 1. The Morgan fingerprint density at radius 2 is 2.21 bits per heavy atom. The van der Waals surface area contributed by atoms with E-state index in [2.05, 4.69) is 22.5 Å². The van der Waals surface area contributed by atoms with Crippen LogP contribution in [0.2, 0.25) is 0 Å². The quantitative estimate of drug-likeness (QED) is 0.653. The predicted octanol–water partition coefficient (Wildman–Crippen LogP) is 0.424. The van der Waals surface area contributed by atoms with Crippen LogP contribution in [0.4, 0.5) is 4.79 Å². The fourth-order valence-electron chi connectivity index (χ4n) is 2.48. The smallest absolute Gasteiger partial charge is 0.318 e. The molecule has 0 bridgehead atoms. The zero-order valence-electron chi connectivity index (χ0n) is 11.9. The first-order chi connectivity index (χ1) is 9.04. The van der Waals surface area contributed by atoms with Gasteiger partial charge in [0.1, 0.15) is 0 Å². The minimum atomic E-state index is -0.788. The van der Waals surface area contributed by atoms with E-state index in [1.165, 1.54) is 12.8 Å². The molecule has 0 saturated carbocycles. The third-order valence-corrected chi connectivity index (χ3v) is 3.55. The normalized spacial score (nSPS) is 21.1. The molecule has 6 heteroatoms. The van der Waals surface area contributed by atoms with Crippen LogP contribution in [0, 0.1) is 0 Å². The fraction of sp³-hybridized carbons (Fsp3) is 0.846. The Hall–Kier alpha value is -1.14. The zero-order valence-corrected chi connectivity index (χ0v) is 11.9. The van der Waals surface area contributed by atoms with Gasteiger partial charge in [0.05, 0.1) is 6.04 Å². The van der Waals surface area contributed by atoms with E-state index in [0.29, 0.717) is 6.04 Å². The van der Waals surface area contributed by atoms with Gasteiger partial charge >= 0.3 is 6.03 Å². The van der Waals surface area contributed by atoms with Gasteiger partial charge < -0.3 is 11.1 Å². The monoisotopic (exact) mass is 270 g/mol. The van der Waals surface area contributed by atoms with Gasteiger partial charge in [0.15, 0.2) is 0 Å². The molecule has 6 nitrogen and oxygen atoms in total. The van der Waals surface area contributed by atoms with Gasteiger partial charge in [-0.3, -0.25) is 15.0 Å². The topological polar surface area (TPSA) is 87.5 Å². The maximum atomic E-state index is 11.8. The number of carbonyl (C=O) groups excluding carboxylic acids is 2. The van der Waals surface area contributed by atoms with Crippen LogP contribution in [0.5, 0.6) is 0 Å². The van der Waals surface area contributed by atoms with Gasteiger partial charge in [-0.25, -0.2) is 4.79 Å². The maximum absolute atomic E-state index is 11.8. The molecule has 2 unspecified atom stereocenters. The highest BCUT2D eigenvalue weighted by molar-refractivity contribution is 5.96. The standard InChI is InChI=1S/C13H26N4O2/c1-3-8-17(9-11-6-4-5-7-15-11)10(2)12(18)16-13(14)19/h10-11,15H,3-9H2,1-2H3,(H3,14,16,18,19). The molecule has 0 aliphatic carbocycles. The van der Waals surface area contributed by atoms with Gasteiger partial charge in [-0.1, -0.05) is 13.3 Å². The summed E-state index contributed by atoms with van der Waals surface area (Å²) in [4.78, 5) is 24.7. The lowest BCUT2D eigenvalue weighted by atomic mass is 10.0. The van der Waals surface area contributed by atoms with Crippen LogP contribution in [0.25, 0.3) is 0 Å². The van der Waals surface area contributed by atoms with Crippen LogP contribution in [-0.2, 0) is 4.79 Å². The zero-order chi connectivity index (χ0) is 14.3. The largest absolute Gasteiger partial charge is 0.351 e. The van der Waals surface area contributed by atoms with E-state index in [4.69, 9.17) is 5.73 Å². The second-order valence-corrected chi connectivity index (χ2v) is 5.17. The van der Waals surface area contributed by atoms with Gasteiger partial charge in [0, 0.05) is 12.6 Å². The van der Waals surface area contributed by atoms with Crippen LogP contribution in [0.1, 0.15) is 39.5 Å². The van der Waals surface area contributed by atoms with Crippen molar-refractivity contribution in [1.29, 1.82) is 0 Å². The molecule has 0 spiro atoms. The number of urea groups is 1. The lowest BCUT2D eigenvalue weighted by Gasteiger charge is -2.33. The van der Waals surface area contributed by atoms with Crippen molar-refractivity contribution in [2.75, 3.05) is 19.6 Å². The van der Waals surface area contributed by atoms with Crippen molar-refractivity contribution in [1.82, 2.24) is 15.5 Å². The number of primary amides is 1. The fourth-order valence-corrected chi connectivity index (χ4v) is 2.48. The number of rotatable bonds is 6. The van der Waals surface area contributed by atoms with Crippen LogP contribution < -0.4 is 16.4 Å². The molecule has 3 amide bonds. The number of imide groups is 1. The average Bonchev–Trinajstić information content (AvgIpc) is 2.38. The SMILES string of the molecule is CCCN(CC1CCCCN1)C(C)C(=O)NC(N)=O. The molecule has 19 heavy (non-hydrogen) atoms. The molecule has 1 aliphatic rings. The Bertz CT molecular complexity index is 303. The Kier molecular flexibility index (Phi) is 6.80. The molecule has 0 aromatic carbocycles. The van der Waals surface area contributed by atoms with Crippen molar-refractivity contribution >= 4 is 11.9 Å². The van der Waals surface area contributed by atoms with Crippen molar-refractivity contribution in [3.8, 4) is 0 Å². The lowest BCUT2D eigenvalue weighted by Crippen LogP contribution is -2.52. The van der Waals surface area contributed by atoms with Crippen molar-refractivity contribution in [2.45, 2.75) is 51.6 Å². The third kappa shape index (κ3) is 5.57. The second kappa shape index (κ2) is 8.12. The third-order valence-electron chi connectivity index (χ3n) is 3.55. The van der Waals surface area contributed by atoms with Crippen LogP contribution in [-0.4, -0.2) is 48.6 Å². The summed E-state index contributed by atoms with van der Waals surface area (Å²) in [5, 5.41) is 5.63. The molecular weight excluding hydrogens is 244 g/mol. The summed E-state index contributed by atoms with van der Waals surface area (Å²) in [6.07, 6.45) is 4.58. The summed E-state index contributed by atoms with van der Waals surface area (Å²) >= 11 is 0. The number of carbonyl (C=O) groups is 2. The highest BCUT2D eigenvalue weighted by Gasteiger charge is 2.24. The molecular formula is C13H26N4O2. The number of piperidine rings is 1. The van der Waals surface area contributed by atoms with Crippen LogP contribution in [0.15, 0.2) is 0 Å². The van der Waals surface area contributed by atoms with E-state index >= 15 is 0 Å². The van der Waals surface area contributed by atoms with E-state index in [0.717, 1.165) is 32.5 Å². The predicted molar refractivity (Wildman–Crippen MR) is 74.7 cm³/mol. The van der Waals surface area contributed by atoms with Gasteiger partial charge in [-0.2, -0.15) is 0 Å². The minimum Gasteiger partial charge on any atom is -0.351 e. The van der Waals surface area contributed by atoms with Gasteiger partial charge in [-0.05, 0) is 39.3 Å². The highest BCUT2D eigenvalue weighted by Crippen LogP contribution is 2.11. The number of amides is 3. The summed E-state index contributed by atoms with van der Waals surface area (Å²) in [6, 6.07) is -0.690. The van der Waals surface area contributed by atoms with E-state index in [1.54, 1.807) is 0 Å². The summed E-state index contributed by atoms with van der Waals surface area (Å²) in [7, 11) is 0. The Balaban J connectivity index is 2.53. The Morgan fingerprint density at radius 3 is 2.74 bits per heavy atom. The van der Waals surface area contributed by atoms with Crippen molar-refractivity contribution < 1.29 is 9.59 Å². The number of nitrogens with zero attached hydrogens (tertiary/aromatic N) is 1. The Morgan fingerprint density at radius 1 is 1.47 bits per heavy atom. The molecule has 1 aliphatic heterocycles. The van der Waals surface area contributed by atoms with Crippen molar-refractivity contribution in [3.05, 3.63) is 0 Å². The van der Waals surface area contributed by atoms with Crippen molar-refractivity contribution in [2.24, 2.45) is 5.73 Å². The van der Waals surface area contributed by atoms with Crippen LogP contribution in [0.3, 0.4) is 0 Å². The average molecular weight is 270 g/mol. The summed E-state index contributed by atoms with van der Waals surface area (Å²) in [6.45, 7) is 6.62. The maximum Gasteiger partial charge on any atom is 0.318 e. The molecule has 1 heterocycles. The molecule has 1 saturated heterocycles. The molecule has 4 N–H and O–H groups in total. The number of nitrogens with one attached hydrogen (secondary N) is 2. The first kappa shape index (κ1) is 15.9. The molecule has 0 aromatic rings. The Labute approximate surface area is 115 Å². The first-order valence-electron chi connectivity index (χ1n) is 7.12. The first-order valence-corrected chi connectivity index (χ1v) is 7.12. The summed E-state index contributed by atoms with van der Waals surface area (Å²) in [5.74, 6) is -0.322. The lowest BCUT2D eigenvalue weighted by molar-refractivity contribution is -0.124. The molecule has 0 radical (unpaired) electrons. The molecule has 0 aromatic heterocycles. The van der Waals surface area contributed by atoms with E-state index in [-0.39, 0.29) is 11.9 Å². The summed E-state index contributed by atoms with van der Waals surface area (Å²) in [5.41, 5.74) is 4.99. The highest BCUT2D eigenvalue weighted by atomic mass is 16.2. The van der Waals surface area contributed by atoms with Gasteiger partial charge in [0.2, 0.25) is 5.91 Å². The molecule has 1 fully saturated rings.